The molecule has 0 aliphatic rings. The third-order valence-corrected chi connectivity index (χ3v) is 4.61. The number of anilines is 1. The molecule has 0 aliphatic carbocycles. The summed E-state index contributed by atoms with van der Waals surface area (Å²) in [6, 6.07) is 4.17. The molecule has 0 aliphatic heterocycles. The molecule has 0 bridgehead atoms. The van der Waals surface area contributed by atoms with Crippen LogP contribution in [0.4, 0.5) is 18.3 Å². The first-order valence-electron chi connectivity index (χ1n) is 6.42. The van der Waals surface area contributed by atoms with Gasteiger partial charge in [0.15, 0.2) is 16.9 Å². The van der Waals surface area contributed by atoms with Crippen molar-refractivity contribution in [1.29, 1.82) is 5.26 Å². The maximum atomic E-state index is 13.0. The number of aromatic nitrogens is 1. The number of halogens is 3. The summed E-state index contributed by atoms with van der Waals surface area (Å²) in [5.41, 5.74) is -1.25. The quantitative estimate of drug-likeness (QED) is 0.853. The fourth-order valence-electron chi connectivity index (χ4n) is 1.71. The van der Waals surface area contributed by atoms with Gasteiger partial charge in [-0.25, -0.2) is 4.98 Å². The molecule has 0 fully saturated rings. The lowest BCUT2D eigenvalue weighted by molar-refractivity contribution is -0.141. The average Bonchev–Trinajstić information content (AvgIpc) is 3.13. The summed E-state index contributed by atoms with van der Waals surface area (Å²) in [5.74, 6) is -0.973. The molecule has 0 aromatic carbocycles. The molecule has 0 spiro atoms. The van der Waals surface area contributed by atoms with Gasteiger partial charge in [-0.15, -0.1) is 11.3 Å². The van der Waals surface area contributed by atoms with Crippen molar-refractivity contribution >= 4 is 33.7 Å². The Morgan fingerprint density at radius 2 is 2.26 bits per heavy atom. The third-order valence-electron chi connectivity index (χ3n) is 2.66. The molecule has 2 rings (SSSR count). The average molecular weight is 360 g/mol. The van der Waals surface area contributed by atoms with Crippen LogP contribution < -0.4 is 10.6 Å². The van der Waals surface area contributed by atoms with E-state index in [2.05, 4.69) is 15.6 Å². The van der Waals surface area contributed by atoms with Gasteiger partial charge < -0.3 is 10.6 Å². The predicted octanol–water partition coefficient (Wildman–Crippen LogP) is 3.65. The van der Waals surface area contributed by atoms with E-state index in [4.69, 9.17) is 5.26 Å². The Bertz CT molecular complexity index is 719. The van der Waals surface area contributed by atoms with Crippen LogP contribution >= 0.6 is 22.7 Å². The Labute approximate surface area is 137 Å². The van der Waals surface area contributed by atoms with Gasteiger partial charge in [0.25, 0.3) is 5.91 Å². The lowest BCUT2D eigenvalue weighted by Gasteiger charge is -2.10. The number of thiazole rings is 1. The summed E-state index contributed by atoms with van der Waals surface area (Å²) in [6.07, 6.45) is -4.75. The Kier molecular flexibility index (Phi) is 5.23. The second-order valence-corrected chi connectivity index (χ2v) is 6.25. The van der Waals surface area contributed by atoms with E-state index >= 15 is 0 Å². The van der Waals surface area contributed by atoms with E-state index in [-0.39, 0.29) is 5.13 Å². The predicted molar refractivity (Wildman–Crippen MR) is 81.4 cm³/mol. The minimum Gasteiger partial charge on any atom is -0.362 e. The number of carbonyl (C=O) groups is 1. The van der Waals surface area contributed by atoms with Gasteiger partial charge in [-0.05, 0) is 18.4 Å². The third kappa shape index (κ3) is 4.00. The molecule has 1 unspecified atom stereocenters. The highest BCUT2D eigenvalue weighted by atomic mass is 32.1. The Balaban J connectivity index is 2.29. The topological polar surface area (TPSA) is 77.8 Å². The Morgan fingerprint density at radius 3 is 2.78 bits per heavy atom. The van der Waals surface area contributed by atoms with Crippen LogP contribution in [0.15, 0.2) is 17.5 Å². The van der Waals surface area contributed by atoms with Crippen LogP contribution in [-0.2, 0) is 6.18 Å². The van der Waals surface area contributed by atoms with Crippen LogP contribution in [0.2, 0.25) is 0 Å². The molecule has 23 heavy (non-hydrogen) atoms. The van der Waals surface area contributed by atoms with E-state index in [9.17, 15) is 18.0 Å². The van der Waals surface area contributed by atoms with Crippen molar-refractivity contribution in [3.63, 3.8) is 0 Å². The van der Waals surface area contributed by atoms with Crippen LogP contribution in [0.25, 0.3) is 0 Å². The summed E-state index contributed by atoms with van der Waals surface area (Å²) < 4.78 is 39.1. The monoisotopic (exact) mass is 360 g/mol. The number of nitrogens with zero attached hydrogens (tertiary/aromatic N) is 2. The largest absolute Gasteiger partial charge is 0.435 e. The fourth-order valence-corrected chi connectivity index (χ4v) is 3.39. The number of nitrogens with one attached hydrogen (secondary N) is 2. The van der Waals surface area contributed by atoms with Crippen molar-refractivity contribution in [2.24, 2.45) is 0 Å². The normalized spacial score (nSPS) is 12.5. The van der Waals surface area contributed by atoms with Gasteiger partial charge in [0.05, 0.1) is 6.07 Å². The first-order valence-corrected chi connectivity index (χ1v) is 8.12. The maximum absolute atomic E-state index is 13.0. The van der Waals surface area contributed by atoms with E-state index in [1.807, 2.05) is 6.07 Å². The van der Waals surface area contributed by atoms with E-state index < -0.39 is 28.7 Å². The molecular weight excluding hydrogens is 349 g/mol. The molecule has 10 heteroatoms. The van der Waals surface area contributed by atoms with Crippen molar-refractivity contribution in [1.82, 2.24) is 10.3 Å². The van der Waals surface area contributed by atoms with Gasteiger partial charge in [0, 0.05) is 11.4 Å². The SMILES string of the molecule is CCNc1nc(C(F)(F)F)c(C(=O)NC(C#N)c2cccs2)s1. The zero-order chi connectivity index (χ0) is 17.0. The van der Waals surface area contributed by atoms with Crippen LogP contribution in [0.1, 0.15) is 33.2 Å². The lowest BCUT2D eigenvalue weighted by Crippen LogP contribution is -2.28. The fraction of sp³-hybridized carbons (Fsp3) is 0.308. The molecule has 0 radical (unpaired) electrons. The van der Waals surface area contributed by atoms with Crippen molar-refractivity contribution in [2.45, 2.75) is 19.1 Å². The number of hydrogen-bond acceptors (Lipinski definition) is 6. The smallest absolute Gasteiger partial charge is 0.362 e. The van der Waals surface area contributed by atoms with Gasteiger partial charge in [-0.3, -0.25) is 4.79 Å². The van der Waals surface area contributed by atoms with Gasteiger partial charge in [0.2, 0.25) is 0 Å². The zero-order valence-electron chi connectivity index (χ0n) is 11.8. The van der Waals surface area contributed by atoms with E-state index in [1.54, 1.807) is 24.4 Å². The summed E-state index contributed by atoms with van der Waals surface area (Å²) in [7, 11) is 0. The Morgan fingerprint density at radius 1 is 1.52 bits per heavy atom. The summed E-state index contributed by atoms with van der Waals surface area (Å²) >= 11 is 1.84. The van der Waals surface area contributed by atoms with Gasteiger partial charge in [-0.1, -0.05) is 17.4 Å². The van der Waals surface area contributed by atoms with Crippen molar-refractivity contribution in [3.05, 3.63) is 33.0 Å². The number of alkyl halides is 3. The molecule has 0 saturated heterocycles. The van der Waals surface area contributed by atoms with E-state index in [0.29, 0.717) is 22.8 Å². The van der Waals surface area contributed by atoms with Gasteiger partial charge >= 0.3 is 6.18 Å². The molecule has 122 valence electrons. The van der Waals surface area contributed by atoms with E-state index in [1.165, 1.54) is 11.3 Å². The summed E-state index contributed by atoms with van der Waals surface area (Å²) in [5, 5.41) is 15.8. The lowest BCUT2D eigenvalue weighted by atomic mass is 10.2. The molecule has 2 heterocycles. The second-order valence-electron chi connectivity index (χ2n) is 4.28. The molecule has 2 aromatic rings. The van der Waals surface area contributed by atoms with Crippen LogP contribution in [0.5, 0.6) is 0 Å². The molecule has 0 saturated carbocycles. The van der Waals surface area contributed by atoms with Crippen LogP contribution in [0.3, 0.4) is 0 Å². The minimum atomic E-state index is -4.75. The van der Waals surface area contributed by atoms with Crippen molar-refractivity contribution < 1.29 is 18.0 Å². The molecular formula is C13H11F3N4OS2. The zero-order valence-corrected chi connectivity index (χ0v) is 13.4. The number of rotatable bonds is 5. The van der Waals surface area contributed by atoms with Crippen LogP contribution in [0, 0.1) is 11.3 Å². The summed E-state index contributed by atoms with van der Waals surface area (Å²) in [4.78, 5) is 15.6. The molecule has 1 amide bonds. The van der Waals surface area contributed by atoms with Gasteiger partial charge in [-0.2, -0.15) is 18.4 Å². The molecule has 2 aromatic heterocycles. The highest BCUT2D eigenvalue weighted by molar-refractivity contribution is 7.17. The van der Waals surface area contributed by atoms with Crippen molar-refractivity contribution in [3.8, 4) is 6.07 Å². The number of amides is 1. The molecule has 1 atom stereocenters. The minimum absolute atomic E-state index is 0.00889. The number of nitriles is 1. The van der Waals surface area contributed by atoms with Crippen molar-refractivity contribution in [2.75, 3.05) is 11.9 Å². The highest BCUT2D eigenvalue weighted by Crippen LogP contribution is 2.36. The number of thiophene rings is 1. The first kappa shape index (κ1) is 17.2. The standard InChI is InChI=1S/C13H11F3N4OS2/c1-2-18-12-20-10(13(14,15)16)9(23-12)11(21)19-7(6-17)8-4-3-5-22-8/h3-5,7H,2H2,1H3,(H,18,20)(H,19,21). The second kappa shape index (κ2) is 6.97. The number of hydrogen-bond donors (Lipinski definition) is 2. The molecule has 2 N–H and O–H groups in total. The highest BCUT2D eigenvalue weighted by Gasteiger charge is 2.40. The molecule has 5 nitrogen and oxygen atoms in total. The first-order chi connectivity index (χ1) is 10.9. The Hall–Kier alpha value is -2.12. The van der Waals surface area contributed by atoms with Gasteiger partial charge in [0.1, 0.15) is 4.88 Å². The number of carbonyl (C=O) groups excluding carboxylic acids is 1. The maximum Gasteiger partial charge on any atom is 0.435 e. The summed E-state index contributed by atoms with van der Waals surface area (Å²) in [6.45, 7) is 2.08. The van der Waals surface area contributed by atoms with Crippen LogP contribution in [-0.4, -0.2) is 17.4 Å². The van der Waals surface area contributed by atoms with E-state index in [0.717, 1.165) is 0 Å².